The Morgan fingerprint density at radius 3 is 2.49 bits per heavy atom. The minimum absolute atomic E-state index is 0.0431. The van der Waals surface area contributed by atoms with E-state index in [0.717, 1.165) is 28.9 Å². The molecule has 0 bridgehead atoms. The van der Waals surface area contributed by atoms with E-state index in [9.17, 15) is 22.8 Å². The fraction of sp³-hybridized carbons (Fsp3) is 0.250. The second kappa shape index (κ2) is 14.5. The van der Waals surface area contributed by atoms with Gasteiger partial charge in [-0.1, -0.05) is 6.58 Å². The van der Waals surface area contributed by atoms with Crippen molar-refractivity contribution in [1.82, 2.24) is 25.2 Å². The van der Waals surface area contributed by atoms with Crippen LogP contribution in [0.1, 0.15) is 59.5 Å². The van der Waals surface area contributed by atoms with E-state index in [4.69, 9.17) is 0 Å². The molecule has 1 fully saturated rings. The van der Waals surface area contributed by atoms with Crippen molar-refractivity contribution in [2.75, 3.05) is 10.2 Å². The molecule has 0 radical (unpaired) electrons. The molecule has 3 aromatic carbocycles. The normalized spacial score (nSPS) is 13.9. The molecule has 2 amide bonds. The summed E-state index contributed by atoms with van der Waals surface area (Å²) in [7, 11) is 0. The van der Waals surface area contributed by atoms with Crippen LogP contribution in [0.2, 0.25) is 0 Å². The van der Waals surface area contributed by atoms with Crippen LogP contribution in [0.25, 0.3) is 16.4 Å². The molecule has 1 aliphatic rings. The fourth-order valence-corrected chi connectivity index (χ4v) is 9.75. The van der Waals surface area contributed by atoms with Gasteiger partial charge in [0, 0.05) is 6.20 Å². The third kappa shape index (κ3) is 8.56. The number of tetrazole rings is 1. The standard InChI is InChI=1S/C32H28F3IN7O2S2/c1-2-43-40-31(39-41-43)38-28(44)23-10-8-20(9-11-23)19-42(24-14-12-22(13-15-24)21-6-4-3-5-7-21)30(45)36-29-37-26-17-16-25(18-27(26)46-29)47-32(33,34)35/h2,8-18,21H,1,3-7,19H2,(H,38,40,44)/q-1. The third-order valence-electron chi connectivity index (χ3n) is 7.60. The van der Waals surface area contributed by atoms with Crippen LogP contribution in [-0.4, -0.2) is 40.5 Å². The number of nitrogens with one attached hydrogen (secondary N) is 1. The summed E-state index contributed by atoms with van der Waals surface area (Å²) in [5.74, 6) is 0.152. The zero-order valence-electron chi connectivity index (χ0n) is 24.8. The van der Waals surface area contributed by atoms with Crippen LogP contribution in [0.3, 0.4) is 0 Å². The van der Waals surface area contributed by atoms with E-state index >= 15 is 0 Å². The molecule has 244 valence electrons. The van der Waals surface area contributed by atoms with E-state index in [2.05, 4.69) is 44.4 Å². The number of hydrogen-bond acceptors (Lipinski definition) is 8. The number of alkyl halides is 3. The van der Waals surface area contributed by atoms with Crippen LogP contribution in [0.15, 0.2) is 78.2 Å². The van der Waals surface area contributed by atoms with Crippen molar-refractivity contribution >= 4 is 61.0 Å². The summed E-state index contributed by atoms with van der Waals surface area (Å²) in [5, 5.41) is 14.0. The Morgan fingerprint density at radius 1 is 1.06 bits per heavy atom. The van der Waals surface area contributed by atoms with Crippen molar-refractivity contribution in [3.63, 3.8) is 0 Å². The van der Waals surface area contributed by atoms with Crippen molar-refractivity contribution in [1.29, 1.82) is 0 Å². The number of carbonyl (C=O) groups is 2. The summed E-state index contributed by atoms with van der Waals surface area (Å²) in [6.07, 6.45) is 7.39. The summed E-state index contributed by atoms with van der Waals surface area (Å²) < 4.78 is 39.9. The first-order valence-electron chi connectivity index (χ1n) is 14.7. The zero-order valence-corrected chi connectivity index (χ0v) is 28.6. The van der Waals surface area contributed by atoms with Gasteiger partial charge in [0.15, 0.2) is 0 Å². The van der Waals surface area contributed by atoms with Gasteiger partial charge in [0.2, 0.25) is 0 Å². The Morgan fingerprint density at radius 2 is 1.81 bits per heavy atom. The molecule has 5 aromatic rings. The van der Waals surface area contributed by atoms with Gasteiger partial charge in [0.25, 0.3) is 0 Å². The van der Waals surface area contributed by atoms with E-state index in [-0.39, 0.29) is 33.1 Å². The Kier molecular flexibility index (Phi) is 10.2. The second-order valence-corrected chi connectivity index (χ2v) is 16.2. The average Bonchev–Trinajstić information content (AvgIpc) is 3.69. The number of thiazole rings is 1. The Hall–Kier alpha value is -3.83. The van der Waals surface area contributed by atoms with E-state index in [1.54, 1.807) is 35.2 Å². The van der Waals surface area contributed by atoms with Gasteiger partial charge in [0.05, 0.1) is 0 Å². The number of rotatable bonds is 10. The van der Waals surface area contributed by atoms with Gasteiger partial charge in [-0.05, 0) is 0 Å². The number of amides is 2. The maximum atomic E-state index is 13.9. The van der Waals surface area contributed by atoms with Crippen molar-refractivity contribution < 1.29 is 44.0 Å². The van der Waals surface area contributed by atoms with Crippen LogP contribution >= 0.6 is 23.1 Å². The third-order valence-corrected chi connectivity index (χ3v) is 12.0. The molecule has 1 saturated carbocycles. The number of fused-ring (bicyclic) bond motifs is 1. The van der Waals surface area contributed by atoms with Gasteiger partial charge in [-0.2, -0.15) is 0 Å². The van der Waals surface area contributed by atoms with Crippen molar-refractivity contribution in [2.45, 2.75) is 55.0 Å². The first-order chi connectivity index (χ1) is 22.6. The molecule has 15 heteroatoms. The van der Waals surface area contributed by atoms with E-state index in [1.165, 1.54) is 54.5 Å². The number of halogens is 4. The molecule has 2 heterocycles. The number of hydrogen-bond donors (Lipinski definition) is 1. The van der Waals surface area contributed by atoms with E-state index in [1.807, 2.05) is 12.1 Å². The molecule has 0 aliphatic heterocycles. The Bertz CT molecular complexity index is 1890. The van der Waals surface area contributed by atoms with Crippen molar-refractivity contribution in [2.24, 2.45) is 0 Å². The number of aromatic nitrogens is 5. The average molecular weight is 791 g/mol. The Labute approximate surface area is 286 Å². The van der Waals surface area contributed by atoms with Crippen LogP contribution in [0.5, 0.6) is 0 Å². The maximum absolute atomic E-state index is 13.9. The molecule has 9 nitrogen and oxygen atoms in total. The molecule has 2 aromatic heterocycles. The van der Waals surface area contributed by atoms with Gasteiger partial charge in [0.1, 0.15) is 0 Å². The predicted octanol–water partition coefficient (Wildman–Crippen LogP) is 5.38. The quantitative estimate of drug-likeness (QED) is 0.0878. The summed E-state index contributed by atoms with van der Waals surface area (Å²) in [4.78, 5) is 34.2. The fourth-order valence-electron chi connectivity index (χ4n) is 5.32. The summed E-state index contributed by atoms with van der Waals surface area (Å²) in [5.41, 5.74) is -0.607. The SMILES string of the molecule is C=Cn1nnc(NC(=O)c2ccc(CN(C(=O)[I-]c3nc4ccc(SC(F)(F)F)cc4s3)c3ccc(C4CCCCC4)cc3)cc2)n1. The predicted molar refractivity (Wildman–Crippen MR) is 173 cm³/mol. The number of nitrogens with zero attached hydrogens (tertiary/aromatic N) is 6. The number of thioether (sulfide) groups is 1. The van der Waals surface area contributed by atoms with Gasteiger partial charge < -0.3 is 0 Å². The Balaban J connectivity index is 1.21. The second-order valence-electron chi connectivity index (χ2n) is 10.8. The van der Waals surface area contributed by atoms with Gasteiger partial charge >= 0.3 is 276 Å². The molecule has 0 spiro atoms. The number of carbonyl (C=O) groups excluding carboxylic acids is 2. The molecule has 1 aliphatic carbocycles. The zero-order chi connectivity index (χ0) is 33.0. The number of benzene rings is 3. The van der Waals surface area contributed by atoms with E-state index < -0.39 is 32.6 Å². The molecule has 0 atom stereocenters. The summed E-state index contributed by atoms with van der Waals surface area (Å²) >= 11 is -0.189. The molecule has 47 heavy (non-hydrogen) atoms. The van der Waals surface area contributed by atoms with Gasteiger partial charge in [-0.15, -0.1) is 0 Å². The van der Waals surface area contributed by atoms with Crippen LogP contribution in [0.4, 0.5) is 29.6 Å². The topological polar surface area (TPSA) is 106 Å². The first kappa shape index (κ1) is 33.1. The first-order valence-corrected chi connectivity index (χ1v) is 18.5. The van der Waals surface area contributed by atoms with Crippen LogP contribution in [-0.2, 0) is 6.54 Å². The van der Waals surface area contributed by atoms with E-state index in [0.29, 0.717) is 24.7 Å². The molecule has 1 N–H and O–H groups in total. The van der Waals surface area contributed by atoms with Crippen LogP contribution < -0.4 is 31.4 Å². The number of anilines is 2. The monoisotopic (exact) mass is 790 g/mol. The molecule has 0 unspecified atom stereocenters. The molecule has 0 saturated heterocycles. The van der Waals surface area contributed by atoms with Crippen molar-refractivity contribution in [3.8, 4) is 0 Å². The van der Waals surface area contributed by atoms with Gasteiger partial charge in [-0.3, -0.25) is 0 Å². The van der Waals surface area contributed by atoms with Crippen molar-refractivity contribution in [3.05, 3.63) is 93.0 Å². The summed E-state index contributed by atoms with van der Waals surface area (Å²) in [6.45, 7) is 3.80. The van der Waals surface area contributed by atoms with Crippen LogP contribution in [0, 0.1) is 3.01 Å². The van der Waals surface area contributed by atoms with Gasteiger partial charge in [-0.25, -0.2) is 0 Å². The summed E-state index contributed by atoms with van der Waals surface area (Å²) in [6, 6.07) is 19.5. The molecular weight excluding hydrogens is 762 g/mol. The molecule has 6 rings (SSSR count). The molecular formula is C32H28F3IN7O2S2-. The minimum atomic E-state index is -4.39.